The minimum atomic E-state index is -0.0400. The summed E-state index contributed by atoms with van der Waals surface area (Å²) in [4.78, 5) is 0. The second-order valence-corrected chi connectivity index (χ2v) is 5.08. The van der Waals surface area contributed by atoms with Gasteiger partial charge in [0, 0.05) is 6.04 Å². The van der Waals surface area contributed by atoms with Gasteiger partial charge in [0.05, 0.1) is 8.95 Å². The highest BCUT2D eigenvalue weighted by atomic mass is 79.9. The number of halogens is 2. The zero-order valence-corrected chi connectivity index (χ0v) is 11.4. The van der Waals surface area contributed by atoms with Crippen molar-refractivity contribution in [3.05, 3.63) is 26.6 Å². The molecule has 0 spiro atoms. The van der Waals surface area contributed by atoms with Gasteiger partial charge in [0.25, 0.3) is 0 Å². The fourth-order valence-corrected chi connectivity index (χ4v) is 2.53. The summed E-state index contributed by atoms with van der Waals surface area (Å²) in [5.41, 5.74) is 12.4. The van der Waals surface area contributed by atoms with Crippen LogP contribution < -0.4 is 11.5 Å². The van der Waals surface area contributed by atoms with E-state index in [-0.39, 0.29) is 11.8 Å². The highest BCUT2D eigenvalue weighted by Gasteiger charge is 2.11. The molecule has 0 amide bonds. The van der Waals surface area contributed by atoms with E-state index in [1.54, 1.807) is 0 Å². The van der Waals surface area contributed by atoms with Gasteiger partial charge >= 0.3 is 0 Å². The van der Waals surface area contributed by atoms with Gasteiger partial charge in [0.1, 0.15) is 5.75 Å². The van der Waals surface area contributed by atoms with Gasteiger partial charge in [-0.2, -0.15) is 0 Å². The molecule has 0 fully saturated rings. The third-order valence-corrected chi connectivity index (χ3v) is 3.40. The Morgan fingerprint density at radius 2 is 1.80 bits per heavy atom. The van der Waals surface area contributed by atoms with Crippen LogP contribution in [0.1, 0.15) is 24.4 Å². The van der Waals surface area contributed by atoms with Gasteiger partial charge in [-0.25, -0.2) is 0 Å². The first-order valence-corrected chi connectivity index (χ1v) is 6.28. The Kier molecular flexibility index (Phi) is 5.05. The second-order valence-electron chi connectivity index (χ2n) is 3.37. The van der Waals surface area contributed by atoms with Crippen LogP contribution in [0.5, 0.6) is 5.75 Å². The molecule has 0 aliphatic carbocycles. The summed E-state index contributed by atoms with van der Waals surface area (Å²) in [6.07, 6.45) is 1.75. The van der Waals surface area contributed by atoms with Gasteiger partial charge < -0.3 is 16.6 Å². The fourth-order valence-electron chi connectivity index (χ4n) is 1.30. The molecule has 1 rings (SSSR count). The molecule has 0 bridgehead atoms. The van der Waals surface area contributed by atoms with E-state index in [0.29, 0.717) is 15.5 Å². The molecule has 0 unspecified atom stereocenters. The summed E-state index contributed by atoms with van der Waals surface area (Å²) >= 11 is 6.55. The number of aromatic hydroxyl groups is 1. The van der Waals surface area contributed by atoms with E-state index in [1.807, 2.05) is 12.1 Å². The summed E-state index contributed by atoms with van der Waals surface area (Å²) in [6, 6.07) is 3.63. The minimum Gasteiger partial charge on any atom is -0.506 e. The molecule has 1 atom stereocenters. The monoisotopic (exact) mass is 336 g/mol. The van der Waals surface area contributed by atoms with Crippen molar-refractivity contribution < 1.29 is 5.11 Å². The summed E-state index contributed by atoms with van der Waals surface area (Å²) in [5.74, 6) is 0.199. The lowest BCUT2D eigenvalue weighted by Gasteiger charge is -2.13. The number of nitrogens with two attached hydrogens (primary N) is 2. The van der Waals surface area contributed by atoms with Gasteiger partial charge in [0.15, 0.2) is 0 Å². The van der Waals surface area contributed by atoms with E-state index in [0.717, 1.165) is 18.4 Å². The third kappa shape index (κ3) is 3.45. The molecule has 0 saturated heterocycles. The number of rotatable bonds is 4. The predicted octanol–water partition coefficient (Wildman–Crippen LogP) is 2.66. The van der Waals surface area contributed by atoms with Crippen molar-refractivity contribution in [1.29, 1.82) is 0 Å². The molecule has 3 nitrogen and oxygen atoms in total. The number of benzene rings is 1. The van der Waals surface area contributed by atoms with E-state index in [4.69, 9.17) is 11.5 Å². The molecule has 0 aromatic heterocycles. The van der Waals surface area contributed by atoms with Gasteiger partial charge in [-0.05, 0) is 68.9 Å². The first kappa shape index (κ1) is 13.0. The average Bonchev–Trinajstić information content (AvgIpc) is 2.21. The summed E-state index contributed by atoms with van der Waals surface area (Å²) in [7, 11) is 0. The zero-order valence-electron chi connectivity index (χ0n) is 8.21. The molecule has 0 aliphatic heterocycles. The molecule has 84 valence electrons. The largest absolute Gasteiger partial charge is 0.506 e. The van der Waals surface area contributed by atoms with Crippen molar-refractivity contribution >= 4 is 31.9 Å². The topological polar surface area (TPSA) is 72.3 Å². The Hall–Kier alpha value is -0.100. The van der Waals surface area contributed by atoms with Gasteiger partial charge in [-0.1, -0.05) is 0 Å². The van der Waals surface area contributed by atoms with Crippen molar-refractivity contribution in [2.24, 2.45) is 11.5 Å². The molecule has 0 aliphatic rings. The van der Waals surface area contributed by atoms with Crippen LogP contribution in [0.15, 0.2) is 21.1 Å². The zero-order chi connectivity index (χ0) is 11.4. The number of phenolic OH excluding ortho intramolecular Hbond substituents is 1. The van der Waals surface area contributed by atoms with E-state index >= 15 is 0 Å². The summed E-state index contributed by atoms with van der Waals surface area (Å²) < 4.78 is 1.30. The molecular formula is C10H14Br2N2O. The number of phenols is 1. The minimum absolute atomic E-state index is 0.0400. The van der Waals surface area contributed by atoms with E-state index in [9.17, 15) is 5.11 Å². The van der Waals surface area contributed by atoms with E-state index < -0.39 is 0 Å². The van der Waals surface area contributed by atoms with E-state index in [2.05, 4.69) is 31.9 Å². The Balaban J connectivity index is 2.86. The lowest BCUT2D eigenvalue weighted by atomic mass is 10.0. The number of hydrogen-bond donors (Lipinski definition) is 3. The predicted molar refractivity (Wildman–Crippen MR) is 68.7 cm³/mol. The van der Waals surface area contributed by atoms with Crippen LogP contribution in [0.4, 0.5) is 0 Å². The molecule has 15 heavy (non-hydrogen) atoms. The maximum atomic E-state index is 9.53. The highest BCUT2D eigenvalue weighted by molar-refractivity contribution is 9.11. The van der Waals surface area contributed by atoms with Gasteiger partial charge in [-0.15, -0.1) is 0 Å². The van der Waals surface area contributed by atoms with Crippen molar-refractivity contribution in [3.8, 4) is 5.75 Å². The Morgan fingerprint density at radius 1 is 1.27 bits per heavy atom. The average molecular weight is 338 g/mol. The standard InChI is InChI=1S/C10H14Br2N2O/c11-7-4-6(5-8(12)10(7)15)9(14)2-1-3-13/h4-5,9,15H,1-3,13-14H2/t9-/m1/s1. The molecule has 5 heteroatoms. The van der Waals surface area contributed by atoms with Crippen LogP contribution in [0, 0.1) is 0 Å². The molecule has 1 aromatic carbocycles. The van der Waals surface area contributed by atoms with Crippen LogP contribution in [-0.2, 0) is 0 Å². The molecule has 5 N–H and O–H groups in total. The Morgan fingerprint density at radius 3 is 2.27 bits per heavy atom. The first-order valence-electron chi connectivity index (χ1n) is 4.69. The van der Waals surface area contributed by atoms with E-state index in [1.165, 1.54) is 0 Å². The Bertz CT molecular complexity index is 321. The van der Waals surface area contributed by atoms with Crippen LogP contribution >= 0.6 is 31.9 Å². The highest BCUT2D eigenvalue weighted by Crippen LogP contribution is 2.35. The smallest absolute Gasteiger partial charge is 0.143 e. The van der Waals surface area contributed by atoms with Crippen LogP contribution in [0.2, 0.25) is 0 Å². The van der Waals surface area contributed by atoms with Gasteiger partial charge in [-0.3, -0.25) is 0 Å². The lowest BCUT2D eigenvalue weighted by molar-refractivity contribution is 0.467. The van der Waals surface area contributed by atoms with Crippen molar-refractivity contribution in [3.63, 3.8) is 0 Å². The summed E-state index contributed by atoms with van der Waals surface area (Å²) in [5, 5.41) is 9.53. The molecule has 1 aromatic rings. The van der Waals surface area contributed by atoms with Crippen molar-refractivity contribution in [2.75, 3.05) is 6.54 Å². The SMILES string of the molecule is NCCC[C@@H](N)c1cc(Br)c(O)c(Br)c1. The summed E-state index contributed by atoms with van der Waals surface area (Å²) in [6.45, 7) is 0.647. The second kappa shape index (κ2) is 5.84. The van der Waals surface area contributed by atoms with Crippen molar-refractivity contribution in [1.82, 2.24) is 0 Å². The molecule has 0 radical (unpaired) electrons. The fraction of sp³-hybridized carbons (Fsp3) is 0.400. The van der Waals surface area contributed by atoms with Crippen LogP contribution in [-0.4, -0.2) is 11.7 Å². The first-order chi connectivity index (χ1) is 7.06. The van der Waals surface area contributed by atoms with Gasteiger partial charge in [0.2, 0.25) is 0 Å². The third-order valence-electron chi connectivity index (χ3n) is 2.19. The molecule has 0 heterocycles. The molecule has 0 saturated carbocycles. The quantitative estimate of drug-likeness (QED) is 0.790. The number of hydrogen-bond acceptors (Lipinski definition) is 3. The van der Waals surface area contributed by atoms with Crippen LogP contribution in [0.3, 0.4) is 0 Å². The Labute approximate surface area is 106 Å². The molecular weight excluding hydrogens is 324 g/mol. The maximum Gasteiger partial charge on any atom is 0.143 e. The van der Waals surface area contributed by atoms with Crippen LogP contribution in [0.25, 0.3) is 0 Å². The maximum absolute atomic E-state index is 9.53. The lowest BCUT2D eigenvalue weighted by Crippen LogP contribution is -2.12. The van der Waals surface area contributed by atoms with Crippen molar-refractivity contribution in [2.45, 2.75) is 18.9 Å². The normalized spacial score (nSPS) is 12.8.